The maximum Gasteiger partial charge on any atom is 0.387 e. The number of nitrogens with one attached hydrogen (secondary N) is 1. The first-order chi connectivity index (χ1) is 13.2. The first-order valence-electron chi connectivity index (χ1n) is 7.70. The molecule has 0 aliphatic carbocycles. The summed E-state index contributed by atoms with van der Waals surface area (Å²) in [5.41, 5.74) is 0.0266. The van der Waals surface area contributed by atoms with Crippen LogP contribution in [0.3, 0.4) is 0 Å². The molecule has 2 aromatic rings. The van der Waals surface area contributed by atoms with Gasteiger partial charge in [0.15, 0.2) is 0 Å². The van der Waals surface area contributed by atoms with Crippen LogP contribution in [0, 0.1) is 0 Å². The maximum absolute atomic E-state index is 12.4. The molecular formula is C16H16F2N2O6S2. The molecule has 0 saturated heterocycles. The van der Waals surface area contributed by atoms with Gasteiger partial charge in [-0.25, -0.2) is 13.1 Å². The molecule has 2 rings (SSSR count). The van der Waals surface area contributed by atoms with Crippen molar-refractivity contribution < 1.29 is 35.5 Å². The highest BCUT2D eigenvalue weighted by atomic mass is 32.2. The molecule has 0 bridgehead atoms. The minimum absolute atomic E-state index is 0.0266. The van der Waals surface area contributed by atoms with Crippen LogP contribution in [0.2, 0.25) is 0 Å². The van der Waals surface area contributed by atoms with E-state index in [4.69, 9.17) is 5.11 Å². The van der Waals surface area contributed by atoms with E-state index in [-0.39, 0.29) is 27.6 Å². The largest absolute Gasteiger partial charge is 0.434 e. The Labute approximate surface area is 160 Å². The number of nitrogens with zero attached hydrogens (tertiary/aromatic N) is 1. The van der Waals surface area contributed by atoms with Gasteiger partial charge in [-0.05, 0) is 36.4 Å². The lowest BCUT2D eigenvalue weighted by Crippen LogP contribution is -2.26. The van der Waals surface area contributed by atoms with Gasteiger partial charge >= 0.3 is 6.61 Å². The van der Waals surface area contributed by atoms with Crippen LogP contribution >= 0.6 is 0 Å². The molecule has 2 N–H and O–H groups in total. The molecule has 0 atom stereocenters. The van der Waals surface area contributed by atoms with Crippen molar-refractivity contribution in [2.45, 2.75) is 16.4 Å². The van der Waals surface area contributed by atoms with Crippen molar-refractivity contribution >= 4 is 26.3 Å². The molecule has 28 heavy (non-hydrogen) atoms. The molecule has 2 aromatic carbocycles. The second-order valence-corrected chi connectivity index (χ2v) is 8.62. The third-order valence-corrected chi connectivity index (χ3v) is 6.03. The number of sulfonamides is 2. The SMILES string of the molecule is O=S(=O)(/N=C/c1ccccc1OC(F)F)c1ccc(S(=O)(=O)NCCO)cc1. The quantitative estimate of drug-likeness (QED) is 0.575. The molecule has 0 amide bonds. The van der Waals surface area contributed by atoms with Gasteiger partial charge < -0.3 is 9.84 Å². The van der Waals surface area contributed by atoms with Crippen molar-refractivity contribution in [3.05, 3.63) is 54.1 Å². The summed E-state index contributed by atoms with van der Waals surface area (Å²) in [5.74, 6) is -0.243. The number of benzene rings is 2. The van der Waals surface area contributed by atoms with Crippen molar-refractivity contribution in [1.29, 1.82) is 0 Å². The van der Waals surface area contributed by atoms with Crippen molar-refractivity contribution in [3.63, 3.8) is 0 Å². The Morgan fingerprint density at radius 3 is 2.25 bits per heavy atom. The van der Waals surface area contributed by atoms with Crippen LogP contribution in [0.15, 0.2) is 62.7 Å². The fraction of sp³-hybridized carbons (Fsp3) is 0.188. The number of para-hydroxylation sites is 1. The zero-order valence-corrected chi connectivity index (χ0v) is 15.8. The van der Waals surface area contributed by atoms with Crippen molar-refractivity contribution in [3.8, 4) is 5.75 Å². The van der Waals surface area contributed by atoms with E-state index in [2.05, 4.69) is 13.9 Å². The number of ether oxygens (including phenoxy) is 1. The summed E-state index contributed by atoms with van der Waals surface area (Å²) in [6, 6.07) is 9.73. The van der Waals surface area contributed by atoms with Gasteiger partial charge in [0.05, 0.1) is 22.6 Å². The lowest BCUT2D eigenvalue weighted by Gasteiger charge is -2.07. The Bertz CT molecular complexity index is 1040. The van der Waals surface area contributed by atoms with E-state index in [0.29, 0.717) is 0 Å². The number of aliphatic hydroxyl groups excluding tert-OH is 1. The van der Waals surface area contributed by atoms with Crippen LogP contribution in [-0.2, 0) is 20.0 Å². The number of rotatable bonds is 9. The van der Waals surface area contributed by atoms with E-state index >= 15 is 0 Å². The highest BCUT2D eigenvalue weighted by molar-refractivity contribution is 7.90. The first-order valence-corrected chi connectivity index (χ1v) is 10.6. The zero-order valence-electron chi connectivity index (χ0n) is 14.2. The summed E-state index contributed by atoms with van der Waals surface area (Å²) in [5, 5.41) is 8.68. The molecular weight excluding hydrogens is 418 g/mol. The molecule has 0 aliphatic rings. The summed E-state index contributed by atoms with van der Waals surface area (Å²) in [6.07, 6.45) is 0.862. The highest BCUT2D eigenvalue weighted by Crippen LogP contribution is 2.20. The van der Waals surface area contributed by atoms with Crippen LogP contribution in [0.25, 0.3) is 0 Å². The van der Waals surface area contributed by atoms with Gasteiger partial charge in [0.2, 0.25) is 10.0 Å². The predicted octanol–water partition coefficient (Wildman–Crippen LogP) is 1.37. The summed E-state index contributed by atoms with van der Waals surface area (Å²) in [4.78, 5) is -0.489. The van der Waals surface area contributed by atoms with Crippen LogP contribution in [0.5, 0.6) is 5.75 Å². The minimum atomic E-state index is -4.21. The monoisotopic (exact) mass is 434 g/mol. The third-order valence-electron chi connectivity index (χ3n) is 3.30. The van der Waals surface area contributed by atoms with Gasteiger partial charge in [0.25, 0.3) is 10.0 Å². The average Bonchev–Trinajstić information content (AvgIpc) is 2.65. The molecule has 8 nitrogen and oxygen atoms in total. The molecule has 0 spiro atoms. The highest BCUT2D eigenvalue weighted by Gasteiger charge is 2.17. The summed E-state index contributed by atoms with van der Waals surface area (Å²) < 4.78 is 83.0. The van der Waals surface area contributed by atoms with E-state index in [9.17, 15) is 25.6 Å². The topological polar surface area (TPSA) is 122 Å². The van der Waals surface area contributed by atoms with Gasteiger partial charge in [0, 0.05) is 12.1 Å². The average molecular weight is 434 g/mol. The Morgan fingerprint density at radius 1 is 1.04 bits per heavy atom. The fourth-order valence-electron chi connectivity index (χ4n) is 2.03. The minimum Gasteiger partial charge on any atom is -0.434 e. The lowest BCUT2D eigenvalue weighted by molar-refractivity contribution is -0.0499. The number of alkyl halides is 2. The van der Waals surface area contributed by atoms with Crippen LogP contribution < -0.4 is 9.46 Å². The Kier molecular flexibility index (Phi) is 7.18. The fourth-order valence-corrected chi connectivity index (χ4v) is 3.91. The van der Waals surface area contributed by atoms with Crippen LogP contribution in [0.4, 0.5) is 8.78 Å². The van der Waals surface area contributed by atoms with Crippen molar-refractivity contribution in [2.75, 3.05) is 13.2 Å². The van der Waals surface area contributed by atoms with Crippen molar-refractivity contribution in [1.82, 2.24) is 4.72 Å². The summed E-state index contributed by atoms with van der Waals surface area (Å²) in [7, 11) is -8.10. The normalized spacial score (nSPS) is 12.6. The Morgan fingerprint density at radius 2 is 1.64 bits per heavy atom. The standard InChI is InChI=1S/C16H16F2N2O6S2/c17-16(18)26-15-4-2-1-3-12(15)11-20-28(24,25)14-7-5-13(6-8-14)27(22,23)19-9-10-21/h1-8,11,16,19,21H,9-10H2/b20-11+. The number of hydrogen-bond acceptors (Lipinski definition) is 6. The molecule has 0 aliphatic heterocycles. The molecule has 0 saturated carbocycles. The van der Waals surface area contributed by atoms with Crippen LogP contribution in [0.1, 0.15) is 5.56 Å². The van der Waals surface area contributed by atoms with Gasteiger partial charge in [-0.1, -0.05) is 12.1 Å². The van der Waals surface area contributed by atoms with Gasteiger partial charge in [-0.3, -0.25) is 0 Å². The van der Waals surface area contributed by atoms with E-state index in [1.807, 2.05) is 0 Å². The van der Waals surface area contributed by atoms with Crippen LogP contribution in [-0.4, -0.2) is 47.9 Å². The number of hydrogen-bond donors (Lipinski definition) is 2. The van der Waals surface area contributed by atoms with Gasteiger partial charge in [-0.15, -0.1) is 0 Å². The number of halogens is 2. The third kappa shape index (κ3) is 5.79. The van der Waals surface area contributed by atoms with E-state index < -0.39 is 33.3 Å². The summed E-state index contributed by atoms with van der Waals surface area (Å²) >= 11 is 0. The second kappa shape index (κ2) is 9.19. The van der Waals surface area contributed by atoms with Gasteiger partial charge in [-0.2, -0.15) is 21.6 Å². The second-order valence-electron chi connectivity index (χ2n) is 5.22. The molecule has 152 valence electrons. The molecule has 0 fully saturated rings. The van der Waals surface area contributed by atoms with Gasteiger partial charge in [0.1, 0.15) is 5.75 Å². The summed E-state index contributed by atoms with van der Waals surface area (Å²) in [6.45, 7) is -3.66. The van der Waals surface area contributed by atoms with E-state index in [1.54, 1.807) is 0 Å². The van der Waals surface area contributed by atoms with E-state index in [0.717, 1.165) is 30.5 Å². The predicted molar refractivity (Wildman–Crippen MR) is 96.6 cm³/mol. The molecule has 0 heterocycles. The maximum atomic E-state index is 12.4. The smallest absolute Gasteiger partial charge is 0.387 e. The molecule has 0 radical (unpaired) electrons. The first kappa shape index (κ1) is 21.9. The lowest BCUT2D eigenvalue weighted by atomic mass is 10.2. The molecule has 0 aromatic heterocycles. The van der Waals surface area contributed by atoms with E-state index in [1.165, 1.54) is 24.3 Å². The zero-order chi connectivity index (χ0) is 20.8. The Hall–Kier alpha value is -2.41. The van der Waals surface area contributed by atoms with Crippen molar-refractivity contribution in [2.24, 2.45) is 4.40 Å². The Balaban J connectivity index is 2.25. The number of aliphatic hydroxyl groups is 1. The molecule has 0 unspecified atom stereocenters. The molecule has 12 heteroatoms.